The number of hydrogen-bond acceptors (Lipinski definition) is 5. The number of pyridine rings is 1. The summed E-state index contributed by atoms with van der Waals surface area (Å²) in [5.41, 5.74) is 6.15. The van der Waals surface area contributed by atoms with Gasteiger partial charge in [-0.2, -0.15) is 0 Å². The molecule has 1 unspecified atom stereocenters. The molecule has 0 spiro atoms. The molecule has 28 heavy (non-hydrogen) atoms. The van der Waals surface area contributed by atoms with Crippen molar-refractivity contribution in [3.05, 3.63) is 66.1 Å². The molecule has 3 heterocycles. The lowest BCUT2D eigenvalue weighted by Gasteiger charge is -2.16. The van der Waals surface area contributed by atoms with Crippen molar-refractivity contribution in [1.82, 2.24) is 24.4 Å². The second-order valence-electron chi connectivity index (χ2n) is 6.36. The Morgan fingerprint density at radius 2 is 2.00 bits per heavy atom. The fourth-order valence-electron chi connectivity index (χ4n) is 2.91. The van der Waals surface area contributed by atoms with Crippen LogP contribution in [0.1, 0.15) is 21.9 Å². The van der Waals surface area contributed by atoms with Gasteiger partial charge in [-0.1, -0.05) is 6.07 Å². The Morgan fingerprint density at radius 3 is 2.61 bits per heavy atom. The highest BCUT2D eigenvalue weighted by atomic mass is 16.2. The van der Waals surface area contributed by atoms with Crippen LogP contribution in [0, 0.1) is 6.92 Å². The number of imidazole rings is 1. The standard InChI is InChI=1S/C19H20N6O3/c1-12-22-10-15(25(12)16-5-3-4-7-21-16)19(28)23-14(17(26)18(20)27)9-13-6-8-24(2)11-13/h3-8,10-11,14H,9H2,1-2H3,(H2,20,27)(H,23,28). The summed E-state index contributed by atoms with van der Waals surface area (Å²) in [7, 11) is 1.83. The number of aromatic nitrogens is 4. The van der Waals surface area contributed by atoms with Crippen LogP contribution in [0.2, 0.25) is 0 Å². The molecule has 0 saturated carbocycles. The predicted octanol–water partition coefficient (Wildman–Crippen LogP) is 0.310. The van der Waals surface area contributed by atoms with Crippen LogP contribution in [0.5, 0.6) is 0 Å². The predicted molar refractivity (Wildman–Crippen MR) is 101 cm³/mol. The molecule has 0 aromatic carbocycles. The SMILES string of the molecule is Cc1ncc(C(=O)NC(Cc2ccn(C)c2)C(=O)C(N)=O)n1-c1ccccn1. The zero-order chi connectivity index (χ0) is 20.3. The van der Waals surface area contributed by atoms with E-state index in [2.05, 4.69) is 15.3 Å². The maximum Gasteiger partial charge on any atom is 0.287 e. The van der Waals surface area contributed by atoms with Gasteiger partial charge in [0.1, 0.15) is 23.4 Å². The Hall–Kier alpha value is -3.75. The fraction of sp³-hybridized carbons (Fsp3) is 0.211. The molecule has 3 aromatic rings. The van der Waals surface area contributed by atoms with Gasteiger partial charge in [0.15, 0.2) is 0 Å². The molecule has 9 heteroatoms. The second kappa shape index (κ2) is 7.87. The Labute approximate surface area is 161 Å². The van der Waals surface area contributed by atoms with Crippen molar-refractivity contribution in [3.8, 4) is 5.82 Å². The average molecular weight is 380 g/mol. The molecule has 1 atom stereocenters. The normalized spacial score (nSPS) is 11.8. The number of amides is 2. The molecule has 9 nitrogen and oxygen atoms in total. The second-order valence-corrected chi connectivity index (χ2v) is 6.36. The fourth-order valence-corrected chi connectivity index (χ4v) is 2.91. The maximum atomic E-state index is 12.9. The third kappa shape index (κ3) is 3.98. The number of ketones is 1. The molecule has 0 aliphatic heterocycles. The number of nitrogens with two attached hydrogens (primary N) is 1. The van der Waals surface area contributed by atoms with E-state index < -0.39 is 23.6 Å². The number of aryl methyl sites for hydroxylation is 2. The number of hydrogen-bond donors (Lipinski definition) is 2. The molecule has 2 amide bonds. The summed E-state index contributed by atoms with van der Waals surface area (Å²) < 4.78 is 3.38. The van der Waals surface area contributed by atoms with Gasteiger partial charge in [-0.25, -0.2) is 9.97 Å². The van der Waals surface area contributed by atoms with E-state index in [1.807, 2.05) is 17.8 Å². The number of primary amides is 1. The van der Waals surface area contributed by atoms with Gasteiger partial charge < -0.3 is 15.6 Å². The molecule has 3 aromatic heterocycles. The van der Waals surface area contributed by atoms with E-state index in [-0.39, 0.29) is 12.1 Å². The Bertz CT molecular complexity index is 1020. The minimum atomic E-state index is -1.10. The van der Waals surface area contributed by atoms with Crippen molar-refractivity contribution in [2.75, 3.05) is 0 Å². The van der Waals surface area contributed by atoms with Crippen molar-refractivity contribution in [3.63, 3.8) is 0 Å². The summed E-state index contributed by atoms with van der Waals surface area (Å²) in [6.07, 6.45) is 6.75. The first-order valence-electron chi connectivity index (χ1n) is 8.58. The van der Waals surface area contributed by atoms with E-state index in [1.165, 1.54) is 6.20 Å². The summed E-state index contributed by atoms with van der Waals surface area (Å²) in [6.45, 7) is 1.74. The van der Waals surface area contributed by atoms with Crippen LogP contribution in [0.25, 0.3) is 5.82 Å². The highest BCUT2D eigenvalue weighted by Gasteiger charge is 2.27. The highest BCUT2D eigenvalue weighted by molar-refractivity contribution is 6.38. The van der Waals surface area contributed by atoms with Crippen LogP contribution in [0.4, 0.5) is 0 Å². The van der Waals surface area contributed by atoms with Crippen LogP contribution in [0.3, 0.4) is 0 Å². The van der Waals surface area contributed by atoms with E-state index in [0.717, 1.165) is 5.56 Å². The first-order valence-corrected chi connectivity index (χ1v) is 8.58. The summed E-state index contributed by atoms with van der Waals surface area (Å²) >= 11 is 0. The van der Waals surface area contributed by atoms with Gasteiger partial charge in [0, 0.05) is 32.1 Å². The number of Topliss-reactive ketones (excluding diaryl/α,β-unsaturated/α-hetero) is 1. The largest absolute Gasteiger partial charge is 0.363 e. The Kier molecular flexibility index (Phi) is 5.35. The molecular weight excluding hydrogens is 360 g/mol. The molecule has 3 N–H and O–H groups in total. The first-order chi connectivity index (χ1) is 13.4. The zero-order valence-corrected chi connectivity index (χ0v) is 15.5. The van der Waals surface area contributed by atoms with Crippen molar-refractivity contribution in [2.24, 2.45) is 12.8 Å². The molecule has 144 valence electrons. The lowest BCUT2D eigenvalue weighted by Crippen LogP contribution is -2.47. The van der Waals surface area contributed by atoms with Crippen molar-refractivity contribution in [1.29, 1.82) is 0 Å². The summed E-state index contributed by atoms with van der Waals surface area (Å²) in [5, 5.41) is 2.61. The third-order valence-electron chi connectivity index (χ3n) is 4.25. The quantitative estimate of drug-likeness (QED) is 0.571. The van der Waals surface area contributed by atoms with E-state index in [1.54, 1.807) is 48.1 Å². The van der Waals surface area contributed by atoms with Gasteiger partial charge in [0.05, 0.1) is 6.20 Å². The van der Waals surface area contributed by atoms with Crippen LogP contribution < -0.4 is 11.1 Å². The molecule has 0 aliphatic rings. The minimum absolute atomic E-state index is 0.144. The van der Waals surface area contributed by atoms with Crippen LogP contribution in [-0.4, -0.2) is 42.7 Å². The summed E-state index contributed by atoms with van der Waals surface area (Å²) in [5.74, 6) is -1.44. The first kappa shape index (κ1) is 19.0. The molecule has 0 bridgehead atoms. The van der Waals surface area contributed by atoms with Gasteiger partial charge in [0.25, 0.3) is 11.8 Å². The molecule has 0 fully saturated rings. The van der Waals surface area contributed by atoms with Gasteiger partial charge in [-0.05, 0) is 30.7 Å². The van der Waals surface area contributed by atoms with Crippen molar-refractivity contribution in [2.45, 2.75) is 19.4 Å². The van der Waals surface area contributed by atoms with Crippen molar-refractivity contribution < 1.29 is 14.4 Å². The molecule has 0 saturated heterocycles. The number of rotatable bonds is 7. The lowest BCUT2D eigenvalue weighted by molar-refractivity contribution is -0.137. The van der Waals surface area contributed by atoms with Gasteiger partial charge in [-0.15, -0.1) is 0 Å². The number of nitrogens with zero attached hydrogens (tertiary/aromatic N) is 4. The maximum absolute atomic E-state index is 12.9. The summed E-state index contributed by atoms with van der Waals surface area (Å²) in [4.78, 5) is 45.0. The average Bonchev–Trinajstić information content (AvgIpc) is 3.26. The van der Waals surface area contributed by atoms with E-state index in [4.69, 9.17) is 5.73 Å². The molecule has 0 aliphatic carbocycles. The lowest BCUT2D eigenvalue weighted by atomic mass is 10.0. The monoisotopic (exact) mass is 380 g/mol. The third-order valence-corrected chi connectivity index (χ3v) is 4.25. The topological polar surface area (TPSA) is 125 Å². The number of carbonyl (C=O) groups excluding carboxylic acids is 3. The summed E-state index contributed by atoms with van der Waals surface area (Å²) in [6, 6.07) is 6.01. The van der Waals surface area contributed by atoms with Gasteiger partial charge in [-0.3, -0.25) is 19.0 Å². The van der Waals surface area contributed by atoms with Gasteiger partial charge >= 0.3 is 0 Å². The van der Waals surface area contributed by atoms with Crippen molar-refractivity contribution >= 4 is 17.6 Å². The zero-order valence-electron chi connectivity index (χ0n) is 15.5. The van der Waals surface area contributed by atoms with E-state index in [9.17, 15) is 14.4 Å². The van der Waals surface area contributed by atoms with Crippen LogP contribution in [0.15, 0.2) is 49.1 Å². The Morgan fingerprint density at radius 1 is 1.21 bits per heavy atom. The van der Waals surface area contributed by atoms with Crippen LogP contribution in [-0.2, 0) is 23.1 Å². The van der Waals surface area contributed by atoms with E-state index >= 15 is 0 Å². The molecule has 3 rings (SSSR count). The van der Waals surface area contributed by atoms with Crippen LogP contribution >= 0.6 is 0 Å². The molecule has 0 radical (unpaired) electrons. The van der Waals surface area contributed by atoms with Gasteiger partial charge in [0.2, 0.25) is 5.78 Å². The molecular formula is C19H20N6O3. The smallest absolute Gasteiger partial charge is 0.287 e. The number of nitrogens with one attached hydrogen (secondary N) is 1. The Balaban J connectivity index is 1.88. The van der Waals surface area contributed by atoms with E-state index in [0.29, 0.717) is 11.6 Å². The number of carbonyl (C=O) groups is 3. The minimum Gasteiger partial charge on any atom is -0.363 e. The highest BCUT2D eigenvalue weighted by Crippen LogP contribution is 2.13.